The normalized spacial score (nSPS) is 11.8. The highest BCUT2D eigenvalue weighted by Crippen LogP contribution is 2.52. The Bertz CT molecular complexity index is 5610. The van der Waals surface area contributed by atoms with E-state index in [0.717, 1.165) is 121 Å². The Kier molecular flexibility index (Phi) is 11.8. The molecule has 4 aromatic heterocycles. The predicted octanol–water partition coefficient (Wildman–Crippen LogP) is 23.7. The van der Waals surface area contributed by atoms with Crippen LogP contribution >= 0.6 is 0 Å². The highest BCUT2D eigenvalue weighted by molar-refractivity contribution is 6.30. The van der Waals surface area contributed by atoms with Crippen molar-refractivity contribution < 1.29 is 8.83 Å². The predicted molar refractivity (Wildman–Crippen MR) is 377 cm³/mol. The minimum absolute atomic E-state index is 0.863. The summed E-state index contributed by atoms with van der Waals surface area (Å²) in [5, 5.41) is 18.5. The van der Waals surface area contributed by atoms with Gasteiger partial charge in [0, 0.05) is 66.9 Å². The number of rotatable bonds is 8. The molecule has 4 heterocycles. The lowest BCUT2D eigenvalue weighted by Crippen LogP contribution is -2.12. The highest BCUT2D eigenvalue weighted by atomic mass is 16.3. The fourth-order valence-corrected chi connectivity index (χ4v) is 14.1. The Morgan fingerprint density at radius 3 is 1.03 bits per heavy atom. The first-order valence-corrected chi connectivity index (χ1v) is 30.5. The molecule has 0 atom stereocenters. The van der Waals surface area contributed by atoms with E-state index in [-0.39, 0.29) is 0 Å². The van der Waals surface area contributed by atoms with Crippen LogP contribution in [-0.2, 0) is 0 Å². The van der Waals surface area contributed by atoms with Crippen molar-refractivity contribution in [3.05, 3.63) is 316 Å². The van der Waals surface area contributed by atoms with Crippen LogP contribution in [0.15, 0.2) is 325 Å². The number of hydrogen-bond acceptors (Lipinski definition) is 6. The van der Waals surface area contributed by atoms with E-state index < -0.39 is 0 Å². The number of benzene rings is 15. The van der Waals surface area contributed by atoms with Crippen molar-refractivity contribution in [1.82, 2.24) is 9.97 Å². The molecule has 0 amide bonds. The molecule has 0 aliphatic heterocycles. The maximum atomic E-state index is 6.89. The van der Waals surface area contributed by atoms with Gasteiger partial charge in [0.1, 0.15) is 11.2 Å². The zero-order valence-corrected chi connectivity index (χ0v) is 48.6. The first kappa shape index (κ1) is 51.1. The van der Waals surface area contributed by atoms with Crippen molar-refractivity contribution in [1.29, 1.82) is 0 Å². The molecule has 0 N–H and O–H groups in total. The standard InChI is InChI=1S/C60H36N2O2.C24H16N2/c1-3-17-41(18-4-1)61(51-35-39-15-7-9-21-43(39)57-47-23-11-13-25-53(47)63-59(51)57)49-33-29-37-28-32-46-50(34-30-38-27-31-45(49)55(37)56(38)46)62(42-19-5-2-6-20-42)52-36-40-16-8-10-22-44(40)58-48-24-12-14-26-54(48)64-60(52)58;1-3-7-17(8-4-1)19-13-15-25-23-21(19)11-12-22-20(14-16-26-24(22)23)18-9-5-2-6-10-18/h1-36H;1-16H. The van der Waals surface area contributed by atoms with Crippen LogP contribution in [0.25, 0.3) is 142 Å². The smallest absolute Gasteiger partial charge is 0.160 e. The second kappa shape index (κ2) is 20.8. The number of fused-ring (bicyclic) bond motifs is 13. The Labute approximate surface area is 517 Å². The van der Waals surface area contributed by atoms with Crippen molar-refractivity contribution in [2.75, 3.05) is 9.80 Å². The number of nitrogens with zero attached hydrogens (tertiary/aromatic N) is 4. The zero-order chi connectivity index (χ0) is 59.2. The molecule has 15 aromatic carbocycles. The van der Waals surface area contributed by atoms with Crippen molar-refractivity contribution >= 4 is 154 Å². The Morgan fingerprint density at radius 1 is 0.244 bits per heavy atom. The SMILES string of the molecule is c1ccc(-c2ccnc3c2ccc2c(-c4ccccc4)ccnc23)cc1.c1ccc(N(c2ccc3ccc4c(N(c5ccccc5)c5cc6ccccc6c6c5oc5ccccc56)ccc5ccc2c3c54)c2cc3ccccc3c3c2oc2ccccc23)cc1. The van der Waals surface area contributed by atoms with E-state index in [9.17, 15) is 0 Å². The summed E-state index contributed by atoms with van der Waals surface area (Å²) in [6.07, 6.45) is 3.75. The number of hydrogen-bond donors (Lipinski definition) is 0. The molecular formula is C84H52N4O2. The Morgan fingerprint density at radius 2 is 0.600 bits per heavy atom. The summed E-state index contributed by atoms with van der Waals surface area (Å²) < 4.78 is 13.8. The number of para-hydroxylation sites is 4. The fourth-order valence-electron chi connectivity index (χ4n) is 14.1. The lowest BCUT2D eigenvalue weighted by atomic mass is 9.91. The lowest BCUT2D eigenvalue weighted by molar-refractivity contribution is 0.669. The maximum Gasteiger partial charge on any atom is 0.160 e. The van der Waals surface area contributed by atoms with Crippen LogP contribution in [0.4, 0.5) is 34.1 Å². The third-order valence-electron chi connectivity index (χ3n) is 18.1. The summed E-state index contributed by atoms with van der Waals surface area (Å²) in [6.45, 7) is 0. The topological polar surface area (TPSA) is 58.5 Å². The zero-order valence-electron chi connectivity index (χ0n) is 48.6. The average Bonchev–Trinajstić information content (AvgIpc) is 1.23. The van der Waals surface area contributed by atoms with Gasteiger partial charge in [-0.2, -0.15) is 0 Å². The fraction of sp³-hybridized carbons (Fsp3) is 0. The molecule has 0 saturated carbocycles. The first-order valence-electron chi connectivity index (χ1n) is 30.5. The summed E-state index contributed by atoms with van der Waals surface area (Å²) in [4.78, 5) is 14.1. The van der Waals surface area contributed by atoms with Gasteiger partial charge in [-0.3, -0.25) is 9.97 Å². The summed E-state index contributed by atoms with van der Waals surface area (Å²) in [5.74, 6) is 0. The lowest BCUT2D eigenvalue weighted by Gasteiger charge is -2.29. The molecule has 6 heteroatoms. The van der Waals surface area contributed by atoms with E-state index in [1.807, 2.05) is 24.5 Å². The van der Waals surface area contributed by atoms with Gasteiger partial charge in [-0.15, -0.1) is 0 Å². The van der Waals surface area contributed by atoms with Gasteiger partial charge in [-0.25, -0.2) is 0 Å². The molecule has 0 aliphatic carbocycles. The van der Waals surface area contributed by atoms with Crippen LogP contribution in [0, 0.1) is 0 Å². The highest BCUT2D eigenvalue weighted by Gasteiger charge is 2.27. The average molecular weight is 1150 g/mol. The number of aromatic nitrogens is 2. The molecule has 0 fully saturated rings. The largest absolute Gasteiger partial charge is 0.454 e. The number of furan rings is 2. The molecule has 6 nitrogen and oxygen atoms in total. The van der Waals surface area contributed by atoms with Crippen molar-refractivity contribution in [3.63, 3.8) is 0 Å². The van der Waals surface area contributed by atoms with Gasteiger partial charge >= 0.3 is 0 Å². The van der Waals surface area contributed by atoms with Gasteiger partial charge < -0.3 is 18.6 Å². The number of pyridine rings is 2. The maximum absolute atomic E-state index is 6.89. The minimum atomic E-state index is 0.863. The quantitative estimate of drug-likeness (QED) is 0.141. The van der Waals surface area contributed by atoms with Crippen LogP contribution in [0.2, 0.25) is 0 Å². The van der Waals surface area contributed by atoms with Gasteiger partial charge in [0.2, 0.25) is 0 Å². The van der Waals surface area contributed by atoms with Gasteiger partial charge in [-0.05, 0) is 138 Å². The molecule has 19 rings (SSSR count). The summed E-state index contributed by atoms with van der Waals surface area (Å²) in [7, 11) is 0. The van der Waals surface area contributed by atoms with Gasteiger partial charge in [-0.1, -0.05) is 231 Å². The molecule has 0 saturated heterocycles. The third-order valence-corrected chi connectivity index (χ3v) is 18.1. The van der Waals surface area contributed by atoms with E-state index >= 15 is 0 Å². The second-order valence-electron chi connectivity index (χ2n) is 23.1. The molecular weight excluding hydrogens is 1100 g/mol. The van der Waals surface area contributed by atoms with Crippen LogP contribution < -0.4 is 9.80 Å². The molecule has 0 unspecified atom stereocenters. The van der Waals surface area contributed by atoms with Crippen LogP contribution in [0.1, 0.15) is 0 Å². The van der Waals surface area contributed by atoms with Gasteiger partial charge in [0.05, 0.1) is 33.8 Å². The molecule has 19 aromatic rings. The van der Waals surface area contributed by atoms with Crippen molar-refractivity contribution in [2.45, 2.75) is 0 Å². The Hall–Kier alpha value is -12.1. The monoisotopic (exact) mass is 1150 g/mol. The summed E-state index contributed by atoms with van der Waals surface area (Å²) in [5.41, 5.74) is 16.4. The molecule has 0 aliphatic rings. The van der Waals surface area contributed by atoms with Crippen LogP contribution in [0.3, 0.4) is 0 Å². The molecule has 0 radical (unpaired) electrons. The third kappa shape index (κ3) is 8.12. The van der Waals surface area contributed by atoms with E-state index in [2.05, 4.69) is 311 Å². The van der Waals surface area contributed by atoms with Crippen LogP contribution in [-0.4, -0.2) is 9.97 Å². The van der Waals surface area contributed by atoms with E-state index in [4.69, 9.17) is 8.83 Å². The summed E-state index contributed by atoms with van der Waals surface area (Å²) >= 11 is 0. The molecule has 0 bridgehead atoms. The first-order chi connectivity index (χ1) is 44.7. The molecule has 0 spiro atoms. The van der Waals surface area contributed by atoms with Gasteiger partial charge in [0.15, 0.2) is 11.2 Å². The van der Waals surface area contributed by atoms with E-state index in [0.29, 0.717) is 0 Å². The van der Waals surface area contributed by atoms with Crippen molar-refractivity contribution in [3.8, 4) is 22.3 Å². The van der Waals surface area contributed by atoms with E-state index in [1.54, 1.807) is 0 Å². The summed E-state index contributed by atoms with van der Waals surface area (Å²) in [6, 6.07) is 108. The molecule has 420 valence electrons. The second-order valence-corrected chi connectivity index (χ2v) is 23.1. The minimum Gasteiger partial charge on any atom is -0.454 e. The Balaban J connectivity index is 0.000000193. The number of anilines is 6. The van der Waals surface area contributed by atoms with E-state index in [1.165, 1.54) is 54.6 Å². The van der Waals surface area contributed by atoms with Crippen molar-refractivity contribution in [2.24, 2.45) is 0 Å². The molecule has 90 heavy (non-hydrogen) atoms. The van der Waals surface area contributed by atoms with Crippen LogP contribution in [0.5, 0.6) is 0 Å². The van der Waals surface area contributed by atoms with Gasteiger partial charge in [0.25, 0.3) is 0 Å².